The molecule has 1 unspecified atom stereocenters. The first-order valence-electron chi connectivity index (χ1n) is 5.78. The Morgan fingerprint density at radius 3 is 2.83 bits per heavy atom. The number of methoxy groups -OCH3 is 1. The van der Waals surface area contributed by atoms with Crippen LogP contribution in [0.1, 0.15) is 18.9 Å². The van der Waals surface area contributed by atoms with Gasteiger partial charge in [0.1, 0.15) is 0 Å². The van der Waals surface area contributed by atoms with E-state index in [2.05, 4.69) is 5.32 Å². The molecule has 0 fully saturated rings. The highest BCUT2D eigenvalue weighted by Crippen LogP contribution is 2.17. The van der Waals surface area contributed by atoms with Gasteiger partial charge < -0.3 is 15.2 Å². The topological polar surface area (TPSA) is 58.6 Å². The van der Waals surface area contributed by atoms with Crippen LogP contribution in [-0.2, 0) is 11.3 Å². The van der Waals surface area contributed by atoms with E-state index in [0.717, 1.165) is 5.56 Å². The fourth-order valence-electron chi connectivity index (χ4n) is 1.65. The number of carboxylic acid groups (broad SMARTS) is 1. The molecule has 1 aromatic carbocycles. The first-order valence-corrected chi connectivity index (χ1v) is 5.78. The molecule has 100 valence electrons. The van der Waals surface area contributed by atoms with Crippen LogP contribution in [-0.4, -0.2) is 24.7 Å². The number of hydrogen-bond acceptors (Lipinski definition) is 3. The molecule has 0 spiro atoms. The van der Waals surface area contributed by atoms with Gasteiger partial charge in [0.05, 0.1) is 7.11 Å². The zero-order valence-corrected chi connectivity index (χ0v) is 10.6. The fourth-order valence-corrected chi connectivity index (χ4v) is 1.65. The second-order valence-corrected chi connectivity index (χ2v) is 4.30. The lowest BCUT2D eigenvalue weighted by Gasteiger charge is -2.11. The highest BCUT2D eigenvalue weighted by atomic mass is 19.1. The monoisotopic (exact) mass is 255 g/mol. The first-order chi connectivity index (χ1) is 8.52. The zero-order valence-electron chi connectivity index (χ0n) is 10.6. The van der Waals surface area contributed by atoms with Crippen LogP contribution in [0, 0.1) is 11.7 Å². The standard InChI is InChI=1S/C13H18FNO3/c1-9(5-13(16)17)7-15-8-10-3-4-12(18-2)11(14)6-10/h3-4,6,9,15H,5,7-8H2,1-2H3,(H,16,17). The van der Waals surface area contributed by atoms with Gasteiger partial charge >= 0.3 is 5.97 Å². The molecule has 18 heavy (non-hydrogen) atoms. The third kappa shape index (κ3) is 4.71. The van der Waals surface area contributed by atoms with Gasteiger partial charge in [0.25, 0.3) is 0 Å². The third-order valence-corrected chi connectivity index (χ3v) is 2.56. The summed E-state index contributed by atoms with van der Waals surface area (Å²) in [5, 5.41) is 11.7. The summed E-state index contributed by atoms with van der Waals surface area (Å²) in [6.07, 6.45) is 0.129. The number of carbonyl (C=O) groups is 1. The predicted molar refractivity (Wildman–Crippen MR) is 66.1 cm³/mol. The average Bonchev–Trinajstić information content (AvgIpc) is 2.28. The third-order valence-electron chi connectivity index (χ3n) is 2.56. The first kappa shape index (κ1) is 14.4. The normalized spacial score (nSPS) is 12.2. The van der Waals surface area contributed by atoms with Crippen molar-refractivity contribution in [1.29, 1.82) is 0 Å². The van der Waals surface area contributed by atoms with E-state index in [0.29, 0.717) is 13.1 Å². The molecule has 1 aromatic rings. The summed E-state index contributed by atoms with van der Waals surface area (Å²) in [6.45, 7) is 2.94. The van der Waals surface area contributed by atoms with Crippen LogP contribution in [0.2, 0.25) is 0 Å². The Bertz CT molecular complexity index is 409. The average molecular weight is 255 g/mol. The molecule has 0 amide bonds. The Balaban J connectivity index is 2.40. The van der Waals surface area contributed by atoms with Gasteiger partial charge in [-0.2, -0.15) is 0 Å². The molecule has 1 rings (SSSR count). The summed E-state index contributed by atoms with van der Waals surface area (Å²) in [6, 6.07) is 4.76. The maximum Gasteiger partial charge on any atom is 0.303 e. The number of nitrogens with one attached hydrogen (secondary N) is 1. The van der Waals surface area contributed by atoms with Crippen molar-refractivity contribution in [2.75, 3.05) is 13.7 Å². The number of ether oxygens (including phenoxy) is 1. The molecule has 0 bridgehead atoms. The van der Waals surface area contributed by atoms with Crippen molar-refractivity contribution < 1.29 is 19.0 Å². The summed E-state index contributed by atoms with van der Waals surface area (Å²) in [4.78, 5) is 10.5. The maximum absolute atomic E-state index is 13.4. The van der Waals surface area contributed by atoms with E-state index >= 15 is 0 Å². The van der Waals surface area contributed by atoms with Crippen LogP contribution in [0.3, 0.4) is 0 Å². The Hall–Kier alpha value is -1.62. The second kappa shape index (κ2) is 6.96. The molecule has 0 aliphatic rings. The number of hydrogen-bond donors (Lipinski definition) is 2. The number of carboxylic acids is 1. The van der Waals surface area contributed by atoms with E-state index in [1.807, 2.05) is 6.92 Å². The van der Waals surface area contributed by atoms with Gasteiger partial charge in [-0.1, -0.05) is 13.0 Å². The zero-order chi connectivity index (χ0) is 13.5. The summed E-state index contributed by atoms with van der Waals surface area (Å²) in [5.74, 6) is -0.932. The molecule has 4 nitrogen and oxygen atoms in total. The predicted octanol–water partition coefficient (Wildman–Crippen LogP) is 2.03. The highest BCUT2D eigenvalue weighted by molar-refractivity contribution is 5.66. The molecule has 0 heterocycles. The van der Waals surface area contributed by atoms with Crippen molar-refractivity contribution >= 4 is 5.97 Å². The number of halogens is 1. The lowest BCUT2D eigenvalue weighted by atomic mass is 10.1. The van der Waals surface area contributed by atoms with Crippen molar-refractivity contribution in [3.05, 3.63) is 29.6 Å². The summed E-state index contributed by atoms with van der Waals surface area (Å²) < 4.78 is 18.2. The van der Waals surface area contributed by atoms with E-state index in [4.69, 9.17) is 9.84 Å². The quantitative estimate of drug-likeness (QED) is 0.782. The Morgan fingerprint density at radius 2 is 2.28 bits per heavy atom. The molecule has 0 aliphatic heterocycles. The lowest BCUT2D eigenvalue weighted by molar-refractivity contribution is -0.137. The van der Waals surface area contributed by atoms with Gasteiger partial charge in [-0.25, -0.2) is 4.39 Å². The van der Waals surface area contributed by atoms with Crippen LogP contribution in [0.15, 0.2) is 18.2 Å². The van der Waals surface area contributed by atoms with E-state index in [1.54, 1.807) is 12.1 Å². The van der Waals surface area contributed by atoms with Gasteiger partial charge in [0, 0.05) is 13.0 Å². The van der Waals surface area contributed by atoms with Crippen molar-refractivity contribution in [3.63, 3.8) is 0 Å². The number of rotatable bonds is 7. The Labute approximate surface area is 106 Å². The molecule has 5 heteroatoms. The highest BCUT2D eigenvalue weighted by Gasteiger charge is 2.07. The SMILES string of the molecule is COc1ccc(CNCC(C)CC(=O)O)cc1F. The summed E-state index contributed by atoms with van der Waals surface area (Å²) in [5.41, 5.74) is 0.802. The summed E-state index contributed by atoms with van der Waals surface area (Å²) in [7, 11) is 1.42. The van der Waals surface area contributed by atoms with E-state index in [-0.39, 0.29) is 18.1 Å². The van der Waals surface area contributed by atoms with Crippen molar-refractivity contribution in [3.8, 4) is 5.75 Å². The number of benzene rings is 1. The molecular weight excluding hydrogens is 237 g/mol. The second-order valence-electron chi connectivity index (χ2n) is 4.30. The molecule has 0 aliphatic carbocycles. The van der Waals surface area contributed by atoms with Crippen LogP contribution >= 0.6 is 0 Å². The minimum atomic E-state index is -0.806. The maximum atomic E-state index is 13.4. The molecule has 0 saturated carbocycles. The molecular formula is C13H18FNO3. The van der Waals surface area contributed by atoms with Crippen LogP contribution < -0.4 is 10.1 Å². The van der Waals surface area contributed by atoms with E-state index in [9.17, 15) is 9.18 Å². The minimum Gasteiger partial charge on any atom is -0.494 e. The van der Waals surface area contributed by atoms with Crippen molar-refractivity contribution in [2.24, 2.45) is 5.92 Å². The number of aliphatic carboxylic acids is 1. The van der Waals surface area contributed by atoms with Gasteiger partial charge in [0.15, 0.2) is 11.6 Å². The van der Waals surface area contributed by atoms with Gasteiger partial charge in [0.2, 0.25) is 0 Å². The molecule has 1 atom stereocenters. The van der Waals surface area contributed by atoms with E-state index < -0.39 is 11.8 Å². The van der Waals surface area contributed by atoms with Gasteiger partial charge in [-0.3, -0.25) is 4.79 Å². The van der Waals surface area contributed by atoms with Crippen molar-refractivity contribution in [2.45, 2.75) is 19.9 Å². The van der Waals surface area contributed by atoms with Gasteiger partial charge in [-0.15, -0.1) is 0 Å². The van der Waals surface area contributed by atoms with Crippen molar-refractivity contribution in [1.82, 2.24) is 5.32 Å². The Kier molecular flexibility index (Phi) is 5.58. The molecule has 2 N–H and O–H groups in total. The minimum absolute atomic E-state index is 0.0468. The van der Waals surface area contributed by atoms with Crippen LogP contribution in [0.4, 0.5) is 4.39 Å². The Morgan fingerprint density at radius 1 is 1.56 bits per heavy atom. The van der Waals surface area contributed by atoms with Crippen LogP contribution in [0.25, 0.3) is 0 Å². The van der Waals surface area contributed by atoms with Crippen LogP contribution in [0.5, 0.6) is 5.75 Å². The molecule has 0 saturated heterocycles. The lowest BCUT2D eigenvalue weighted by Crippen LogP contribution is -2.22. The largest absolute Gasteiger partial charge is 0.494 e. The smallest absolute Gasteiger partial charge is 0.303 e. The summed E-state index contributed by atoms with van der Waals surface area (Å²) >= 11 is 0. The fraction of sp³-hybridized carbons (Fsp3) is 0.462. The van der Waals surface area contributed by atoms with E-state index in [1.165, 1.54) is 13.2 Å². The molecule has 0 radical (unpaired) electrons. The van der Waals surface area contributed by atoms with Gasteiger partial charge in [-0.05, 0) is 30.2 Å². The molecule has 0 aromatic heterocycles.